The molecule has 1 aliphatic carbocycles. The van der Waals surface area contributed by atoms with Gasteiger partial charge < -0.3 is 15.4 Å². The molecular formula is C17H31N3O2S. The van der Waals surface area contributed by atoms with E-state index in [4.69, 9.17) is 4.74 Å². The Balaban J connectivity index is 1.48. The Kier molecular flexibility index (Phi) is 6.48. The van der Waals surface area contributed by atoms with E-state index < -0.39 is 0 Å². The van der Waals surface area contributed by atoms with Crippen molar-refractivity contribution in [1.29, 1.82) is 0 Å². The van der Waals surface area contributed by atoms with Gasteiger partial charge in [-0.15, -0.1) is 0 Å². The van der Waals surface area contributed by atoms with Gasteiger partial charge in [0.1, 0.15) is 0 Å². The first-order chi connectivity index (χ1) is 11.3. The molecule has 3 rings (SSSR count). The number of ether oxygens (including phenoxy) is 1. The lowest BCUT2D eigenvalue weighted by molar-refractivity contribution is -0.0357. The Bertz CT molecular complexity index is 376. The quantitative estimate of drug-likeness (QED) is 0.804. The van der Waals surface area contributed by atoms with E-state index in [1.807, 2.05) is 11.8 Å². The van der Waals surface area contributed by atoms with Crippen molar-refractivity contribution in [2.45, 2.75) is 44.1 Å². The standard InChI is InChI=1S/C17H31N3O2S/c21-16(18-12-15-4-11-23-13-15)19-14-17(5-2-1-3-6-17)20-7-9-22-10-8-20/h15H,1-14H2,(H2,18,19,21). The van der Waals surface area contributed by atoms with Gasteiger partial charge in [0.25, 0.3) is 0 Å². The fraction of sp³-hybridized carbons (Fsp3) is 0.941. The number of morpholine rings is 1. The zero-order valence-electron chi connectivity index (χ0n) is 14.1. The van der Waals surface area contributed by atoms with Crippen molar-refractivity contribution in [2.24, 2.45) is 5.92 Å². The van der Waals surface area contributed by atoms with E-state index >= 15 is 0 Å². The monoisotopic (exact) mass is 341 g/mol. The van der Waals surface area contributed by atoms with Crippen LogP contribution in [0.25, 0.3) is 0 Å². The molecular weight excluding hydrogens is 310 g/mol. The molecule has 1 unspecified atom stereocenters. The third-order valence-corrected chi connectivity index (χ3v) is 6.85. The molecule has 0 aromatic carbocycles. The highest BCUT2D eigenvalue weighted by atomic mass is 32.2. The fourth-order valence-corrected chi connectivity index (χ4v) is 5.43. The molecule has 5 nitrogen and oxygen atoms in total. The summed E-state index contributed by atoms with van der Waals surface area (Å²) >= 11 is 2.00. The summed E-state index contributed by atoms with van der Waals surface area (Å²) in [5.74, 6) is 3.10. The number of hydrogen-bond acceptors (Lipinski definition) is 4. The summed E-state index contributed by atoms with van der Waals surface area (Å²) in [5.41, 5.74) is 0.155. The first-order valence-corrected chi connectivity index (χ1v) is 10.4. The van der Waals surface area contributed by atoms with Crippen LogP contribution in [0.4, 0.5) is 4.79 Å². The van der Waals surface area contributed by atoms with Crippen LogP contribution in [-0.2, 0) is 4.74 Å². The number of hydrogen-bond donors (Lipinski definition) is 2. The number of amides is 2. The second-order valence-electron chi connectivity index (χ2n) is 7.18. The van der Waals surface area contributed by atoms with Crippen molar-refractivity contribution in [1.82, 2.24) is 15.5 Å². The SMILES string of the molecule is O=C(NCC1CCSC1)NCC1(N2CCOCC2)CCCCC1. The molecule has 2 heterocycles. The van der Waals surface area contributed by atoms with E-state index in [1.54, 1.807) is 0 Å². The van der Waals surface area contributed by atoms with E-state index in [0.717, 1.165) is 39.4 Å². The van der Waals surface area contributed by atoms with Crippen molar-refractivity contribution in [2.75, 3.05) is 50.9 Å². The number of rotatable bonds is 5. The normalized spacial score (nSPS) is 28.4. The van der Waals surface area contributed by atoms with Gasteiger partial charge in [-0.2, -0.15) is 11.8 Å². The number of nitrogens with one attached hydrogen (secondary N) is 2. The summed E-state index contributed by atoms with van der Waals surface area (Å²) in [7, 11) is 0. The average Bonchev–Trinajstić information content (AvgIpc) is 3.13. The molecule has 0 spiro atoms. The van der Waals surface area contributed by atoms with Gasteiger partial charge in [-0.1, -0.05) is 19.3 Å². The lowest BCUT2D eigenvalue weighted by atomic mass is 9.80. The summed E-state index contributed by atoms with van der Waals surface area (Å²) in [4.78, 5) is 14.8. The molecule has 0 aromatic rings. The molecule has 3 aliphatic rings. The summed E-state index contributed by atoms with van der Waals surface area (Å²) in [6.07, 6.45) is 7.53. The first kappa shape index (κ1) is 17.4. The molecule has 2 N–H and O–H groups in total. The minimum Gasteiger partial charge on any atom is -0.379 e. The molecule has 1 atom stereocenters. The zero-order chi connectivity index (χ0) is 16.0. The number of carbonyl (C=O) groups is 1. The van der Waals surface area contributed by atoms with Crippen LogP contribution in [0.5, 0.6) is 0 Å². The third kappa shape index (κ3) is 4.77. The van der Waals surface area contributed by atoms with Crippen LogP contribution >= 0.6 is 11.8 Å². The van der Waals surface area contributed by atoms with Gasteiger partial charge in [-0.05, 0) is 36.7 Å². The van der Waals surface area contributed by atoms with Gasteiger partial charge in [-0.25, -0.2) is 4.79 Å². The first-order valence-electron chi connectivity index (χ1n) is 9.21. The molecule has 0 bridgehead atoms. The maximum absolute atomic E-state index is 12.2. The van der Waals surface area contributed by atoms with Gasteiger partial charge in [0, 0.05) is 31.7 Å². The van der Waals surface area contributed by atoms with E-state index in [0.29, 0.717) is 5.92 Å². The molecule has 23 heavy (non-hydrogen) atoms. The van der Waals surface area contributed by atoms with Crippen LogP contribution < -0.4 is 10.6 Å². The zero-order valence-corrected chi connectivity index (χ0v) is 15.0. The topological polar surface area (TPSA) is 53.6 Å². The molecule has 0 radical (unpaired) electrons. The largest absolute Gasteiger partial charge is 0.379 e. The Morgan fingerprint density at radius 1 is 1.17 bits per heavy atom. The van der Waals surface area contributed by atoms with E-state index in [-0.39, 0.29) is 11.6 Å². The predicted octanol–water partition coefficient (Wildman–Crippen LogP) is 2.07. The maximum atomic E-state index is 12.2. The van der Waals surface area contributed by atoms with Crippen molar-refractivity contribution in [3.05, 3.63) is 0 Å². The van der Waals surface area contributed by atoms with Gasteiger partial charge in [0.15, 0.2) is 0 Å². The summed E-state index contributed by atoms with van der Waals surface area (Å²) in [5, 5.41) is 6.25. The van der Waals surface area contributed by atoms with Gasteiger partial charge in [-0.3, -0.25) is 4.90 Å². The van der Waals surface area contributed by atoms with Crippen molar-refractivity contribution in [3.63, 3.8) is 0 Å². The Morgan fingerprint density at radius 3 is 2.65 bits per heavy atom. The highest BCUT2D eigenvalue weighted by Crippen LogP contribution is 2.33. The minimum absolute atomic E-state index is 0.0140. The molecule has 2 saturated heterocycles. The summed E-state index contributed by atoms with van der Waals surface area (Å²) in [6, 6.07) is 0.0140. The summed E-state index contributed by atoms with van der Waals surface area (Å²) < 4.78 is 5.51. The second-order valence-corrected chi connectivity index (χ2v) is 8.33. The number of urea groups is 1. The van der Waals surface area contributed by atoms with Crippen molar-refractivity contribution >= 4 is 17.8 Å². The number of carbonyl (C=O) groups excluding carboxylic acids is 1. The Morgan fingerprint density at radius 2 is 1.96 bits per heavy atom. The van der Waals surface area contributed by atoms with Crippen LogP contribution in [0, 0.1) is 5.92 Å². The van der Waals surface area contributed by atoms with Crippen LogP contribution in [0.15, 0.2) is 0 Å². The van der Waals surface area contributed by atoms with E-state index in [9.17, 15) is 4.79 Å². The van der Waals surface area contributed by atoms with Gasteiger partial charge in [0.05, 0.1) is 13.2 Å². The van der Waals surface area contributed by atoms with Crippen molar-refractivity contribution in [3.8, 4) is 0 Å². The predicted molar refractivity (Wildman–Crippen MR) is 95.0 cm³/mol. The Labute approximate surface area is 144 Å². The second kappa shape index (κ2) is 8.58. The molecule has 0 aromatic heterocycles. The van der Waals surface area contributed by atoms with Crippen LogP contribution in [-0.4, -0.2) is 67.4 Å². The van der Waals surface area contributed by atoms with Crippen molar-refractivity contribution < 1.29 is 9.53 Å². The maximum Gasteiger partial charge on any atom is 0.314 e. The number of thioether (sulfide) groups is 1. The van der Waals surface area contributed by atoms with Gasteiger partial charge >= 0.3 is 6.03 Å². The molecule has 2 amide bonds. The number of nitrogens with zero attached hydrogens (tertiary/aromatic N) is 1. The van der Waals surface area contributed by atoms with E-state index in [2.05, 4.69) is 15.5 Å². The molecule has 3 fully saturated rings. The minimum atomic E-state index is 0.0140. The molecule has 6 heteroatoms. The molecule has 1 saturated carbocycles. The smallest absolute Gasteiger partial charge is 0.314 e. The lowest BCUT2D eigenvalue weighted by Gasteiger charge is -2.48. The third-order valence-electron chi connectivity index (χ3n) is 5.62. The molecule has 132 valence electrons. The Hall–Kier alpha value is -0.460. The average molecular weight is 342 g/mol. The van der Waals surface area contributed by atoms with E-state index in [1.165, 1.54) is 50.0 Å². The highest BCUT2D eigenvalue weighted by molar-refractivity contribution is 7.99. The highest BCUT2D eigenvalue weighted by Gasteiger charge is 2.38. The van der Waals surface area contributed by atoms with Crippen LogP contribution in [0.2, 0.25) is 0 Å². The lowest BCUT2D eigenvalue weighted by Crippen LogP contribution is -2.60. The van der Waals surface area contributed by atoms with Gasteiger partial charge in [0.2, 0.25) is 0 Å². The fourth-order valence-electron chi connectivity index (χ4n) is 4.14. The summed E-state index contributed by atoms with van der Waals surface area (Å²) in [6.45, 7) is 5.26. The van der Waals surface area contributed by atoms with Crippen LogP contribution in [0.3, 0.4) is 0 Å². The molecule has 2 aliphatic heterocycles. The van der Waals surface area contributed by atoms with Crippen LogP contribution in [0.1, 0.15) is 38.5 Å².